The Morgan fingerprint density at radius 3 is 2.48 bits per heavy atom. The maximum atomic E-state index is 15.4. The van der Waals surface area contributed by atoms with E-state index in [0.717, 1.165) is 56.2 Å². The molecule has 5 rings (SSSR count). The van der Waals surface area contributed by atoms with Crippen molar-refractivity contribution in [2.45, 2.75) is 56.4 Å². The fourth-order valence-corrected chi connectivity index (χ4v) is 7.74. The first-order valence-electron chi connectivity index (χ1n) is 13.4. The summed E-state index contributed by atoms with van der Waals surface area (Å²) in [7, 11) is -3.03. The van der Waals surface area contributed by atoms with Crippen LogP contribution in [0.5, 0.6) is 11.5 Å². The van der Waals surface area contributed by atoms with Gasteiger partial charge < -0.3 is 14.6 Å². The van der Waals surface area contributed by atoms with Gasteiger partial charge in [-0.3, -0.25) is 4.79 Å². The van der Waals surface area contributed by atoms with Crippen molar-refractivity contribution in [1.82, 2.24) is 0 Å². The lowest BCUT2D eigenvalue weighted by atomic mass is 9.90. The second-order valence-corrected chi connectivity index (χ2v) is 14.0. The number of carboxylic acid groups (broad SMARTS) is 1. The molecule has 0 saturated heterocycles. The van der Waals surface area contributed by atoms with Crippen LogP contribution in [0.15, 0.2) is 47.4 Å². The molecule has 1 heterocycles. The van der Waals surface area contributed by atoms with Crippen LogP contribution in [-0.2, 0) is 21.1 Å². The fourth-order valence-electron chi connectivity index (χ4n) is 5.82. The Morgan fingerprint density at radius 2 is 1.77 bits per heavy atom. The highest BCUT2D eigenvalue weighted by atomic mass is 32.2. The molecule has 1 N–H and O–H groups in total. The normalized spacial score (nSPS) is 17.9. The van der Waals surface area contributed by atoms with E-state index in [-0.39, 0.29) is 30.0 Å². The molecule has 0 fully saturated rings. The number of ether oxygens (including phenoxy) is 2. The highest BCUT2D eigenvalue weighted by molar-refractivity contribution is 7.99. The molecular weight excluding hydrogens is 551 g/mol. The minimum absolute atomic E-state index is 0.0139. The number of benzene rings is 3. The van der Waals surface area contributed by atoms with Crippen LogP contribution in [0.4, 0.5) is 4.39 Å². The van der Waals surface area contributed by atoms with E-state index in [1.165, 1.54) is 12.3 Å². The molecule has 40 heavy (non-hydrogen) atoms. The zero-order valence-corrected chi connectivity index (χ0v) is 24.5. The van der Waals surface area contributed by atoms with Gasteiger partial charge in [0.1, 0.15) is 33.3 Å². The molecule has 0 amide bonds. The summed E-state index contributed by atoms with van der Waals surface area (Å²) in [6.45, 7) is 4.17. The number of aryl methyl sites for hydroxylation is 2. The summed E-state index contributed by atoms with van der Waals surface area (Å²) >= 11 is 1.66. The highest BCUT2D eigenvalue weighted by Crippen LogP contribution is 2.46. The SMILES string of the molecule is Cc1cc(OCCCS(C)(=O)=O)cc(C)c1-c1c(F)ccc2c1CCC2Oc1ccc2c(c1)SC[C@H]2CC(=O)O. The van der Waals surface area contributed by atoms with Gasteiger partial charge in [-0.05, 0) is 96.8 Å². The summed E-state index contributed by atoms with van der Waals surface area (Å²) in [6, 6.07) is 13.0. The van der Waals surface area contributed by atoms with Crippen LogP contribution >= 0.6 is 11.8 Å². The van der Waals surface area contributed by atoms with Crippen molar-refractivity contribution in [2.24, 2.45) is 0 Å². The maximum absolute atomic E-state index is 15.4. The quantitative estimate of drug-likeness (QED) is 0.267. The van der Waals surface area contributed by atoms with Crippen molar-refractivity contribution in [3.05, 3.63) is 76.1 Å². The average Bonchev–Trinajstić information content (AvgIpc) is 3.45. The smallest absolute Gasteiger partial charge is 0.303 e. The van der Waals surface area contributed by atoms with E-state index in [1.807, 2.05) is 50.2 Å². The summed E-state index contributed by atoms with van der Waals surface area (Å²) in [5.74, 6) is 1.15. The van der Waals surface area contributed by atoms with E-state index in [4.69, 9.17) is 9.47 Å². The summed E-state index contributed by atoms with van der Waals surface area (Å²) in [5, 5.41) is 9.19. The molecule has 2 atom stereocenters. The molecule has 212 valence electrons. The Bertz CT molecular complexity index is 1540. The minimum Gasteiger partial charge on any atom is -0.494 e. The topological polar surface area (TPSA) is 89.9 Å². The van der Waals surface area contributed by atoms with Crippen LogP contribution in [-0.4, -0.2) is 43.9 Å². The van der Waals surface area contributed by atoms with Crippen molar-refractivity contribution in [3.8, 4) is 22.6 Å². The van der Waals surface area contributed by atoms with Gasteiger partial charge in [0.15, 0.2) is 0 Å². The summed E-state index contributed by atoms with van der Waals surface area (Å²) in [6.07, 6.45) is 2.97. The molecule has 1 aliphatic carbocycles. The number of aliphatic carboxylic acids is 1. The standard InChI is InChI=1S/C31H33FO6S2/c1-18-13-22(37-11-4-12-40(3,35)36)14-19(2)30(18)31-25-8-10-27(24(25)7-9-26(31)32)38-21-5-6-23-20(15-29(33)34)17-39-28(23)16-21/h5-7,9,13-14,16,20,27H,4,8,10-12,15,17H2,1-3H3,(H,33,34)/t20-,27?/m1/s1. The van der Waals surface area contributed by atoms with Crippen molar-refractivity contribution < 1.29 is 32.2 Å². The monoisotopic (exact) mass is 584 g/mol. The van der Waals surface area contributed by atoms with Crippen molar-refractivity contribution in [2.75, 3.05) is 24.4 Å². The van der Waals surface area contributed by atoms with E-state index in [1.54, 1.807) is 11.8 Å². The molecule has 3 aromatic carbocycles. The van der Waals surface area contributed by atoms with Crippen LogP contribution < -0.4 is 9.47 Å². The third kappa shape index (κ3) is 6.15. The Hall–Kier alpha value is -3.04. The Balaban J connectivity index is 1.36. The molecule has 0 saturated carbocycles. The molecule has 0 spiro atoms. The number of fused-ring (bicyclic) bond motifs is 2. The number of hydrogen-bond donors (Lipinski definition) is 1. The number of hydrogen-bond acceptors (Lipinski definition) is 6. The van der Waals surface area contributed by atoms with Gasteiger partial charge in [-0.1, -0.05) is 12.1 Å². The van der Waals surface area contributed by atoms with E-state index in [0.29, 0.717) is 30.8 Å². The zero-order valence-electron chi connectivity index (χ0n) is 22.8. The molecule has 2 aliphatic rings. The molecule has 3 aromatic rings. The number of rotatable bonds is 10. The van der Waals surface area contributed by atoms with Crippen molar-refractivity contribution in [1.29, 1.82) is 0 Å². The predicted molar refractivity (Wildman–Crippen MR) is 155 cm³/mol. The van der Waals surface area contributed by atoms with Crippen molar-refractivity contribution in [3.63, 3.8) is 0 Å². The lowest BCUT2D eigenvalue weighted by Crippen LogP contribution is -2.08. The van der Waals surface area contributed by atoms with E-state index in [9.17, 15) is 18.3 Å². The van der Waals surface area contributed by atoms with Crippen LogP contribution in [0, 0.1) is 19.7 Å². The average molecular weight is 585 g/mol. The van der Waals surface area contributed by atoms with Gasteiger partial charge in [0, 0.05) is 28.4 Å². The zero-order chi connectivity index (χ0) is 28.6. The molecule has 0 radical (unpaired) electrons. The van der Waals surface area contributed by atoms with Gasteiger partial charge in [-0.2, -0.15) is 0 Å². The van der Waals surface area contributed by atoms with Crippen LogP contribution in [0.2, 0.25) is 0 Å². The third-order valence-electron chi connectivity index (χ3n) is 7.55. The minimum atomic E-state index is -3.03. The lowest BCUT2D eigenvalue weighted by Gasteiger charge is -2.19. The van der Waals surface area contributed by atoms with E-state index < -0.39 is 15.8 Å². The summed E-state index contributed by atoms with van der Waals surface area (Å²) in [5.41, 5.74) is 6.22. The first kappa shape index (κ1) is 28.5. The molecule has 9 heteroatoms. The second kappa shape index (κ2) is 11.4. The lowest BCUT2D eigenvalue weighted by molar-refractivity contribution is -0.137. The Labute approximate surface area is 238 Å². The molecule has 1 unspecified atom stereocenters. The number of carbonyl (C=O) groups is 1. The van der Waals surface area contributed by atoms with Gasteiger partial charge >= 0.3 is 5.97 Å². The van der Waals surface area contributed by atoms with Crippen LogP contribution in [0.3, 0.4) is 0 Å². The fraction of sp³-hybridized carbons (Fsp3) is 0.387. The molecule has 6 nitrogen and oxygen atoms in total. The van der Waals surface area contributed by atoms with Gasteiger partial charge in [0.05, 0.1) is 18.8 Å². The summed E-state index contributed by atoms with van der Waals surface area (Å²) < 4.78 is 50.4. The van der Waals surface area contributed by atoms with Gasteiger partial charge in [0.2, 0.25) is 0 Å². The third-order valence-corrected chi connectivity index (χ3v) is 9.81. The Kier molecular flexibility index (Phi) is 8.15. The number of sulfone groups is 1. The predicted octanol–water partition coefficient (Wildman–Crippen LogP) is 6.65. The first-order chi connectivity index (χ1) is 19.0. The molecular formula is C31H33FO6S2. The van der Waals surface area contributed by atoms with Crippen LogP contribution in [0.25, 0.3) is 11.1 Å². The summed E-state index contributed by atoms with van der Waals surface area (Å²) in [4.78, 5) is 12.3. The number of halogens is 1. The van der Waals surface area contributed by atoms with E-state index >= 15 is 4.39 Å². The highest BCUT2D eigenvalue weighted by Gasteiger charge is 2.31. The Morgan fingerprint density at radius 1 is 1.05 bits per heavy atom. The van der Waals surface area contributed by atoms with E-state index in [2.05, 4.69) is 0 Å². The number of carboxylic acids is 1. The number of thioether (sulfide) groups is 1. The molecule has 0 bridgehead atoms. The van der Waals surface area contributed by atoms with Crippen LogP contribution in [0.1, 0.15) is 59.1 Å². The molecule has 1 aliphatic heterocycles. The van der Waals surface area contributed by atoms with Gasteiger partial charge in [-0.25, -0.2) is 12.8 Å². The first-order valence-corrected chi connectivity index (χ1v) is 16.4. The maximum Gasteiger partial charge on any atom is 0.303 e. The molecule has 0 aromatic heterocycles. The second-order valence-electron chi connectivity index (χ2n) is 10.7. The largest absolute Gasteiger partial charge is 0.494 e. The van der Waals surface area contributed by atoms with Gasteiger partial charge in [-0.15, -0.1) is 11.8 Å². The van der Waals surface area contributed by atoms with Gasteiger partial charge in [0.25, 0.3) is 0 Å². The van der Waals surface area contributed by atoms with Crippen molar-refractivity contribution >= 4 is 27.6 Å².